The molecule has 0 aromatic heterocycles. The molecule has 2 aromatic carbocycles. The molecule has 5 heteroatoms. The summed E-state index contributed by atoms with van der Waals surface area (Å²) in [7, 11) is 1.71. The minimum absolute atomic E-state index is 0.0169. The zero-order valence-electron chi connectivity index (χ0n) is 14.7. The summed E-state index contributed by atoms with van der Waals surface area (Å²) in [5, 5.41) is 3.01. The molecule has 1 saturated heterocycles. The topological polar surface area (TPSA) is 41.6 Å². The Morgan fingerprint density at radius 1 is 1.16 bits per heavy atom. The van der Waals surface area contributed by atoms with Crippen molar-refractivity contribution in [1.29, 1.82) is 0 Å². The number of piperidine rings is 1. The van der Waals surface area contributed by atoms with E-state index in [9.17, 15) is 4.79 Å². The summed E-state index contributed by atoms with van der Waals surface area (Å²) in [6.07, 6.45) is 3.95. The van der Waals surface area contributed by atoms with Gasteiger partial charge in [-0.1, -0.05) is 24.3 Å². The summed E-state index contributed by atoms with van der Waals surface area (Å²) in [4.78, 5) is 15.6. The van der Waals surface area contributed by atoms with Crippen molar-refractivity contribution in [2.45, 2.75) is 23.7 Å². The quantitative estimate of drug-likeness (QED) is 0.798. The summed E-state index contributed by atoms with van der Waals surface area (Å²) in [5.41, 5.74) is 2.10. The number of para-hydroxylation sites is 1. The van der Waals surface area contributed by atoms with E-state index in [0.29, 0.717) is 5.92 Å². The van der Waals surface area contributed by atoms with Crippen LogP contribution in [0, 0.1) is 0 Å². The fraction of sp³-hybridized carbons (Fsp3) is 0.350. The van der Waals surface area contributed by atoms with Crippen LogP contribution in [-0.4, -0.2) is 37.4 Å². The maximum absolute atomic E-state index is 12.5. The Hall–Kier alpha value is -2.14. The van der Waals surface area contributed by atoms with Crippen LogP contribution in [0.5, 0.6) is 5.75 Å². The van der Waals surface area contributed by atoms with Crippen LogP contribution in [0.25, 0.3) is 0 Å². The second-order valence-electron chi connectivity index (χ2n) is 6.17. The zero-order chi connectivity index (χ0) is 17.6. The van der Waals surface area contributed by atoms with E-state index in [1.54, 1.807) is 18.9 Å². The lowest BCUT2D eigenvalue weighted by molar-refractivity contribution is 0.194. The van der Waals surface area contributed by atoms with Gasteiger partial charge in [0.05, 0.1) is 7.11 Å². The van der Waals surface area contributed by atoms with Gasteiger partial charge >= 0.3 is 6.03 Å². The highest BCUT2D eigenvalue weighted by atomic mass is 32.2. The molecule has 0 bridgehead atoms. The highest BCUT2D eigenvalue weighted by Gasteiger charge is 2.25. The number of hydrogen-bond acceptors (Lipinski definition) is 3. The average Bonchev–Trinajstić information content (AvgIpc) is 2.68. The van der Waals surface area contributed by atoms with Gasteiger partial charge in [0.25, 0.3) is 0 Å². The number of hydrogen-bond donors (Lipinski definition) is 1. The van der Waals surface area contributed by atoms with Crippen LogP contribution in [0.15, 0.2) is 53.4 Å². The van der Waals surface area contributed by atoms with Crippen LogP contribution in [-0.2, 0) is 0 Å². The van der Waals surface area contributed by atoms with Crippen LogP contribution in [0.3, 0.4) is 0 Å². The number of methoxy groups -OCH3 is 1. The summed E-state index contributed by atoms with van der Waals surface area (Å²) in [6.45, 7) is 1.52. The summed E-state index contributed by atoms with van der Waals surface area (Å²) < 4.78 is 5.48. The Bertz CT molecular complexity index is 727. The number of nitrogens with one attached hydrogen (secondary N) is 1. The third-order valence-corrected chi connectivity index (χ3v) is 5.41. The molecule has 1 aliphatic rings. The van der Waals surface area contributed by atoms with Gasteiger partial charge < -0.3 is 15.0 Å². The molecule has 3 rings (SSSR count). The van der Waals surface area contributed by atoms with Gasteiger partial charge in [0, 0.05) is 23.7 Å². The van der Waals surface area contributed by atoms with Crippen molar-refractivity contribution in [2.75, 3.05) is 31.8 Å². The van der Waals surface area contributed by atoms with Gasteiger partial charge in [-0.15, -0.1) is 11.8 Å². The third-order valence-electron chi connectivity index (χ3n) is 4.68. The van der Waals surface area contributed by atoms with E-state index in [1.165, 1.54) is 5.56 Å². The van der Waals surface area contributed by atoms with Crippen molar-refractivity contribution < 1.29 is 9.53 Å². The first-order valence-electron chi connectivity index (χ1n) is 8.54. The number of amides is 2. The van der Waals surface area contributed by atoms with Gasteiger partial charge in [0.15, 0.2) is 0 Å². The first-order valence-corrected chi connectivity index (χ1v) is 9.76. The van der Waals surface area contributed by atoms with Crippen molar-refractivity contribution >= 4 is 23.5 Å². The molecule has 2 aromatic rings. The van der Waals surface area contributed by atoms with E-state index < -0.39 is 0 Å². The van der Waals surface area contributed by atoms with E-state index in [4.69, 9.17) is 4.74 Å². The van der Waals surface area contributed by atoms with Crippen molar-refractivity contribution in [3.05, 3.63) is 54.1 Å². The van der Waals surface area contributed by atoms with E-state index >= 15 is 0 Å². The monoisotopic (exact) mass is 356 g/mol. The molecule has 0 spiro atoms. The van der Waals surface area contributed by atoms with E-state index in [2.05, 4.69) is 17.4 Å². The lowest BCUT2D eigenvalue weighted by Gasteiger charge is -2.32. The molecule has 0 saturated carbocycles. The van der Waals surface area contributed by atoms with Crippen LogP contribution >= 0.6 is 11.8 Å². The van der Waals surface area contributed by atoms with Gasteiger partial charge in [0.2, 0.25) is 0 Å². The molecule has 1 N–H and O–H groups in total. The molecule has 2 amide bonds. The van der Waals surface area contributed by atoms with Crippen LogP contribution < -0.4 is 10.1 Å². The fourth-order valence-corrected chi connectivity index (χ4v) is 3.76. The number of rotatable bonds is 4. The van der Waals surface area contributed by atoms with Crippen LogP contribution in [0.1, 0.15) is 24.3 Å². The average molecular weight is 356 g/mol. The number of carbonyl (C=O) groups is 1. The number of carbonyl (C=O) groups excluding carboxylic acids is 1. The van der Waals surface area contributed by atoms with Gasteiger partial charge in [-0.05, 0) is 54.8 Å². The molecule has 4 nitrogen and oxygen atoms in total. The Kier molecular flexibility index (Phi) is 5.87. The first kappa shape index (κ1) is 17.7. The SMILES string of the molecule is COc1ccccc1C1CCN(C(=O)Nc2cccc(SC)c2)CC1. The lowest BCUT2D eigenvalue weighted by atomic mass is 9.89. The standard InChI is InChI=1S/C20H24N2O2S/c1-24-19-9-4-3-8-18(19)15-10-12-22(13-11-15)20(23)21-16-6-5-7-17(14-16)25-2/h3-9,14-15H,10-13H2,1-2H3,(H,21,23). The Morgan fingerprint density at radius 3 is 2.64 bits per heavy atom. The predicted octanol–water partition coefficient (Wildman–Crippen LogP) is 4.83. The normalized spacial score (nSPS) is 15.0. The number of benzene rings is 2. The highest BCUT2D eigenvalue weighted by Crippen LogP contribution is 2.34. The van der Waals surface area contributed by atoms with Gasteiger partial charge in [-0.3, -0.25) is 0 Å². The number of thioether (sulfide) groups is 1. The molecular weight excluding hydrogens is 332 g/mol. The Labute approximate surface area is 153 Å². The molecule has 1 heterocycles. The smallest absolute Gasteiger partial charge is 0.321 e. The molecular formula is C20H24N2O2S. The van der Waals surface area contributed by atoms with Crippen LogP contribution in [0.2, 0.25) is 0 Å². The van der Waals surface area contributed by atoms with Crippen LogP contribution in [0.4, 0.5) is 10.5 Å². The molecule has 0 unspecified atom stereocenters. The molecule has 1 fully saturated rings. The summed E-state index contributed by atoms with van der Waals surface area (Å²) >= 11 is 1.67. The van der Waals surface area contributed by atoms with Gasteiger partial charge in [-0.25, -0.2) is 4.79 Å². The molecule has 1 aliphatic heterocycles. The van der Waals surface area contributed by atoms with E-state index in [0.717, 1.165) is 42.3 Å². The zero-order valence-corrected chi connectivity index (χ0v) is 15.5. The maximum atomic E-state index is 12.5. The Morgan fingerprint density at radius 2 is 1.92 bits per heavy atom. The third kappa shape index (κ3) is 4.28. The van der Waals surface area contributed by atoms with Crippen molar-refractivity contribution in [3.8, 4) is 5.75 Å². The molecule has 25 heavy (non-hydrogen) atoms. The van der Waals surface area contributed by atoms with Crippen molar-refractivity contribution in [3.63, 3.8) is 0 Å². The Balaban J connectivity index is 1.59. The largest absolute Gasteiger partial charge is 0.496 e. The molecule has 0 radical (unpaired) electrons. The molecule has 0 atom stereocenters. The number of likely N-dealkylation sites (tertiary alicyclic amines) is 1. The van der Waals surface area contributed by atoms with Crippen molar-refractivity contribution in [2.24, 2.45) is 0 Å². The van der Waals surface area contributed by atoms with E-state index in [1.807, 2.05) is 47.6 Å². The van der Waals surface area contributed by atoms with Gasteiger partial charge in [0.1, 0.15) is 5.75 Å². The fourth-order valence-electron chi connectivity index (χ4n) is 3.30. The van der Waals surface area contributed by atoms with Crippen molar-refractivity contribution in [1.82, 2.24) is 4.90 Å². The predicted molar refractivity (Wildman–Crippen MR) is 104 cm³/mol. The summed E-state index contributed by atoms with van der Waals surface area (Å²) in [5.74, 6) is 1.39. The number of ether oxygens (including phenoxy) is 1. The molecule has 132 valence electrons. The second-order valence-corrected chi connectivity index (χ2v) is 7.05. The number of anilines is 1. The lowest BCUT2D eigenvalue weighted by Crippen LogP contribution is -2.40. The number of nitrogens with zero attached hydrogens (tertiary/aromatic N) is 1. The summed E-state index contributed by atoms with van der Waals surface area (Å²) in [6, 6.07) is 16.1. The van der Waals surface area contributed by atoms with E-state index in [-0.39, 0.29) is 6.03 Å². The number of urea groups is 1. The molecule has 0 aliphatic carbocycles. The first-order chi connectivity index (χ1) is 12.2. The minimum Gasteiger partial charge on any atom is -0.496 e. The van der Waals surface area contributed by atoms with Gasteiger partial charge in [-0.2, -0.15) is 0 Å². The second kappa shape index (κ2) is 8.30. The highest BCUT2D eigenvalue weighted by molar-refractivity contribution is 7.98. The minimum atomic E-state index is -0.0169. The maximum Gasteiger partial charge on any atom is 0.321 e.